The second-order valence-electron chi connectivity index (χ2n) is 3.01. The second-order valence-corrected chi connectivity index (χ2v) is 4.13. The fraction of sp³-hybridized carbons (Fsp3) is 0.364. The standard InChI is InChI=1S/C11H11BrClNO/c12-10-7-9(8-13)3-4-11(10)15-6-2-1-5-14/h3-4,7H,1-2,6,8H2. The van der Waals surface area contributed by atoms with E-state index in [0.717, 1.165) is 22.2 Å². The van der Waals surface area contributed by atoms with Crippen molar-refractivity contribution in [1.29, 1.82) is 5.26 Å². The van der Waals surface area contributed by atoms with Gasteiger partial charge in [-0.2, -0.15) is 5.26 Å². The number of nitrogens with zero attached hydrogens (tertiary/aromatic N) is 1. The lowest BCUT2D eigenvalue weighted by Crippen LogP contribution is -1.97. The van der Waals surface area contributed by atoms with Crippen LogP contribution in [0, 0.1) is 11.3 Å². The minimum atomic E-state index is 0.493. The number of unbranched alkanes of at least 4 members (excludes halogenated alkanes) is 1. The molecule has 1 rings (SSSR count). The number of hydrogen-bond donors (Lipinski definition) is 0. The molecule has 4 heteroatoms. The van der Waals surface area contributed by atoms with E-state index in [1.54, 1.807) is 0 Å². The molecule has 2 nitrogen and oxygen atoms in total. The zero-order valence-corrected chi connectivity index (χ0v) is 10.5. The van der Waals surface area contributed by atoms with Crippen molar-refractivity contribution < 1.29 is 4.74 Å². The first kappa shape index (κ1) is 12.4. The number of hydrogen-bond acceptors (Lipinski definition) is 2. The van der Waals surface area contributed by atoms with E-state index in [1.807, 2.05) is 18.2 Å². The van der Waals surface area contributed by atoms with Crippen molar-refractivity contribution in [3.8, 4) is 11.8 Å². The van der Waals surface area contributed by atoms with Crippen LogP contribution in [0.15, 0.2) is 22.7 Å². The van der Waals surface area contributed by atoms with Crippen LogP contribution in [0.5, 0.6) is 5.75 Å². The van der Waals surface area contributed by atoms with E-state index in [2.05, 4.69) is 22.0 Å². The number of alkyl halides is 1. The largest absolute Gasteiger partial charge is 0.492 e. The molecule has 0 saturated carbocycles. The molecular weight excluding hydrogens is 277 g/mol. The molecule has 0 aliphatic carbocycles. The maximum absolute atomic E-state index is 8.36. The molecule has 0 heterocycles. The molecule has 0 atom stereocenters. The van der Waals surface area contributed by atoms with E-state index in [9.17, 15) is 0 Å². The highest BCUT2D eigenvalue weighted by atomic mass is 79.9. The number of nitriles is 1. The molecule has 0 saturated heterocycles. The van der Waals surface area contributed by atoms with Gasteiger partial charge in [0.2, 0.25) is 0 Å². The summed E-state index contributed by atoms with van der Waals surface area (Å²) in [5, 5.41) is 8.36. The predicted octanol–water partition coefficient (Wildman–Crippen LogP) is 3.87. The molecule has 1 aromatic carbocycles. The van der Waals surface area contributed by atoms with Gasteiger partial charge < -0.3 is 4.74 Å². The van der Waals surface area contributed by atoms with Gasteiger partial charge in [0, 0.05) is 12.3 Å². The quantitative estimate of drug-likeness (QED) is 0.608. The van der Waals surface area contributed by atoms with Gasteiger partial charge in [-0.25, -0.2) is 0 Å². The zero-order valence-electron chi connectivity index (χ0n) is 8.17. The minimum absolute atomic E-state index is 0.493. The SMILES string of the molecule is N#CCCCOc1ccc(CCl)cc1Br. The summed E-state index contributed by atoms with van der Waals surface area (Å²) in [6, 6.07) is 7.83. The Morgan fingerprint density at radius 3 is 2.87 bits per heavy atom. The molecular formula is C11H11BrClNO. The molecule has 0 aliphatic heterocycles. The van der Waals surface area contributed by atoms with E-state index >= 15 is 0 Å². The van der Waals surface area contributed by atoms with Crippen molar-refractivity contribution in [3.63, 3.8) is 0 Å². The second kappa shape index (κ2) is 6.71. The fourth-order valence-corrected chi connectivity index (χ4v) is 1.78. The molecule has 0 spiro atoms. The van der Waals surface area contributed by atoms with Gasteiger partial charge >= 0.3 is 0 Å². The molecule has 0 N–H and O–H groups in total. The Hall–Kier alpha value is -0.720. The number of rotatable bonds is 5. The Balaban J connectivity index is 2.51. The molecule has 80 valence electrons. The van der Waals surface area contributed by atoms with E-state index in [1.165, 1.54) is 0 Å². The maximum Gasteiger partial charge on any atom is 0.133 e. The highest BCUT2D eigenvalue weighted by Crippen LogP contribution is 2.26. The van der Waals surface area contributed by atoms with Crippen LogP contribution >= 0.6 is 27.5 Å². The Labute approximate surface area is 103 Å². The lowest BCUT2D eigenvalue weighted by Gasteiger charge is -2.07. The first-order valence-electron chi connectivity index (χ1n) is 4.62. The Morgan fingerprint density at radius 1 is 1.47 bits per heavy atom. The van der Waals surface area contributed by atoms with E-state index in [0.29, 0.717) is 18.9 Å². The molecule has 15 heavy (non-hydrogen) atoms. The van der Waals surface area contributed by atoms with Crippen molar-refractivity contribution in [1.82, 2.24) is 0 Å². The van der Waals surface area contributed by atoms with Gasteiger partial charge in [-0.3, -0.25) is 0 Å². The van der Waals surface area contributed by atoms with Crippen molar-refractivity contribution in [2.24, 2.45) is 0 Å². The first-order chi connectivity index (χ1) is 7.27. The molecule has 0 aromatic heterocycles. The third-order valence-electron chi connectivity index (χ3n) is 1.84. The summed E-state index contributed by atoms with van der Waals surface area (Å²) in [5.41, 5.74) is 1.05. The van der Waals surface area contributed by atoms with Crippen LogP contribution in [0.25, 0.3) is 0 Å². The molecule has 0 amide bonds. The van der Waals surface area contributed by atoms with Crippen LogP contribution < -0.4 is 4.74 Å². The average molecular weight is 289 g/mol. The van der Waals surface area contributed by atoms with Gasteiger partial charge in [-0.05, 0) is 40.0 Å². The third-order valence-corrected chi connectivity index (χ3v) is 2.77. The number of halogens is 2. The molecule has 0 bridgehead atoms. The first-order valence-corrected chi connectivity index (χ1v) is 5.95. The van der Waals surface area contributed by atoms with Gasteiger partial charge in [0.15, 0.2) is 0 Å². The Bertz CT molecular complexity index is 362. The summed E-state index contributed by atoms with van der Waals surface area (Å²) in [7, 11) is 0. The van der Waals surface area contributed by atoms with Crippen LogP contribution in [-0.4, -0.2) is 6.61 Å². The maximum atomic E-state index is 8.36. The zero-order chi connectivity index (χ0) is 11.1. The van der Waals surface area contributed by atoms with Crippen LogP contribution in [0.2, 0.25) is 0 Å². The van der Waals surface area contributed by atoms with E-state index in [4.69, 9.17) is 21.6 Å². The van der Waals surface area contributed by atoms with Gasteiger partial charge in [0.05, 0.1) is 17.1 Å². The number of ether oxygens (including phenoxy) is 1. The summed E-state index contributed by atoms with van der Waals surface area (Å²) in [5.74, 6) is 1.29. The monoisotopic (exact) mass is 287 g/mol. The van der Waals surface area contributed by atoms with Gasteiger partial charge in [0.1, 0.15) is 5.75 Å². The van der Waals surface area contributed by atoms with E-state index < -0.39 is 0 Å². The van der Waals surface area contributed by atoms with Crippen LogP contribution in [0.4, 0.5) is 0 Å². The fourth-order valence-electron chi connectivity index (χ4n) is 1.08. The predicted molar refractivity (Wildman–Crippen MR) is 64.0 cm³/mol. The lowest BCUT2D eigenvalue weighted by atomic mass is 10.2. The van der Waals surface area contributed by atoms with Crippen LogP contribution in [0.3, 0.4) is 0 Å². The Kier molecular flexibility index (Phi) is 5.52. The van der Waals surface area contributed by atoms with Crippen molar-refractivity contribution >= 4 is 27.5 Å². The topological polar surface area (TPSA) is 33.0 Å². The van der Waals surface area contributed by atoms with Gasteiger partial charge in [0.25, 0.3) is 0 Å². The van der Waals surface area contributed by atoms with Crippen LogP contribution in [-0.2, 0) is 5.88 Å². The number of benzene rings is 1. The highest BCUT2D eigenvalue weighted by Gasteiger charge is 2.01. The van der Waals surface area contributed by atoms with Crippen molar-refractivity contribution in [3.05, 3.63) is 28.2 Å². The van der Waals surface area contributed by atoms with Crippen molar-refractivity contribution in [2.75, 3.05) is 6.61 Å². The van der Waals surface area contributed by atoms with Crippen molar-refractivity contribution in [2.45, 2.75) is 18.7 Å². The molecule has 1 aromatic rings. The molecule has 0 fully saturated rings. The molecule has 0 aliphatic rings. The average Bonchev–Trinajstić information content (AvgIpc) is 2.26. The van der Waals surface area contributed by atoms with Gasteiger partial charge in [-0.1, -0.05) is 6.07 Å². The third kappa shape index (κ3) is 4.11. The summed E-state index contributed by atoms with van der Waals surface area (Å²) >= 11 is 9.11. The highest BCUT2D eigenvalue weighted by molar-refractivity contribution is 9.10. The summed E-state index contributed by atoms with van der Waals surface area (Å²) in [6.45, 7) is 0.562. The van der Waals surface area contributed by atoms with E-state index in [-0.39, 0.29) is 0 Å². The smallest absolute Gasteiger partial charge is 0.133 e. The summed E-state index contributed by atoms with van der Waals surface area (Å²) in [4.78, 5) is 0. The Morgan fingerprint density at radius 2 is 2.27 bits per heavy atom. The van der Waals surface area contributed by atoms with Crippen LogP contribution in [0.1, 0.15) is 18.4 Å². The lowest BCUT2D eigenvalue weighted by molar-refractivity contribution is 0.311. The minimum Gasteiger partial charge on any atom is -0.492 e. The molecule has 0 unspecified atom stereocenters. The summed E-state index contributed by atoms with van der Waals surface area (Å²) < 4.78 is 6.40. The van der Waals surface area contributed by atoms with Gasteiger partial charge in [-0.15, -0.1) is 11.6 Å². The normalized spacial score (nSPS) is 9.67. The molecule has 0 radical (unpaired) electrons. The summed E-state index contributed by atoms with van der Waals surface area (Å²) in [6.07, 6.45) is 1.28.